The summed E-state index contributed by atoms with van der Waals surface area (Å²) in [6.07, 6.45) is -0.133. The number of carbonyl (C=O) groups excluding carboxylic acids is 1. The molecule has 2 aliphatic carbocycles. The van der Waals surface area contributed by atoms with Crippen molar-refractivity contribution in [2.75, 3.05) is 53.3 Å². The van der Waals surface area contributed by atoms with Gasteiger partial charge in [-0.1, -0.05) is 35.9 Å². The largest absolute Gasteiger partial charge is 0.453 e. The summed E-state index contributed by atoms with van der Waals surface area (Å²) >= 11 is 0. The molecular weight excluding hydrogens is 505 g/mol. The number of nitrogens with two attached hydrogens (primary N) is 1. The molecule has 1 amide bonds. The van der Waals surface area contributed by atoms with E-state index in [0.29, 0.717) is 45.0 Å². The van der Waals surface area contributed by atoms with Gasteiger partial charge in [-0.2, -0.15) is 0 Å². The Labute approximate surface area is 228 Å². The number of alkyl carbamates (subject to hydrolysis) is 1. The summed E-state index contributed by atoms with van der Waals surface area (Å²) in [6.45, 7) is 5.03. The van der Waals surface area contributed by atoms with Gasteiger partial charge < -0.3 is 35.1 Å². The molecular formula is C29H38FN3O6. The lowest BCUT2D eigenvalue weighted by molar-refractivity contribution is -0.222. The molecule has 0 aromatic heterocycles. The third-order valence-electron chi connectivity index (χ3n) is 8.01. The second-order valence-corrected chi connectivity index (χ2v) is 10.8. The van der Waals surface area contributed by atoms with Crippen molar-refractivity contribution in [2.45, 2.75) is 43.6 Å². The summed E-state index contributed by atoms with van der Waals surface area (Å²) in [7, 11) is 1.31. The molecule has 1 spiro atoms. The van der Waals surface area contributed by atoms with Gasteiger partial charge in [0.15, 0.2) is 0 Å². The monoisotopic (exact) mass is 543 g/mol. The normalized spacial score (nSPS) is 28.2. The van der Waals surface area contributed by atoms with Crippen LogP contribution in [0, 0.1) is 18.7 Å². The molecule has 5 rings (SSSR count). The van der Waals surface area contributed by atoms with Crippen molar-refractivity contribution in [2.24, 2.45) is 11.7 Å². The number of methoxy groups -OCH3 is 1. The van der Waals surface area contributed by atoms with Gasteiger partial charge >= 0.3 is 6.09 Å². The first kappa shape index (κ1) is 27.9. The van der Waals surface area contributed by atoms with E-state index < -0.39 is 23.9 Å². The number of ether oxygens (including phenoxy) is 4. The van der Waals surface area contributed by atoms with Crippen LogP contribution >= 0.6 is 0 Å². The average molecular weight is 544 g/mol. The summed E-state index contributed by atoms with van der Waals surface area (Å²) in [5, 5.41) is 12.6. The zero-order valence-corrected chi connectivity index (χ0v) is 22.5. The van der Waals surface area contributed by atoms with E-state index in [1.165, 1.54) is 13.2 Å². The number of nitrogens with one attached hydrogen (secondary N) is 1. The standard InChI is InChI=1S/C29H38FN3O6/c1-18-4-3-5-20(12-18)25-22(30)7-6-21-26(25)27(38-10-8-32-28(35)36-2)29(21)16-33(9-11-39-29)17-37-15-19-13-23(31)24(34)14-19/h3-7,12,19,23-24,27,34H,8-11,13-17,31H2,1-2H3,(H,32,35)/t19-,23+,24-,27-,29-/m0/s1. The first-order valence-electron chi connectivity index (χ1n) is 13.5. The minimum Gasteiger partial charge on any atom is -0.453 e. The minimum atomic E-state index is -0.791. The molecule has 0 bridgehead atoms. The van der Waals surface area contributed by atoms with E-state index in [9.17, 15) is 9.90 Å². The SMILES string of the molecule is COC(=O)NCCO[C@H]1c2c(ccc(F)c2-c2cccc(C)c2)[C@@]12CN(COC[C@H]1C[C@@H](N)[C@@H](O)C1)CCO2. The molecule has 1 saturated carbocycles. The van der Waals surface area contributed by atoms with Crippen LogP contribution in [-0.4, -0.2) is 81.5 Å². The van der Waals surface area contributed by atoms with Gasteiger partial charge in [0.2, 0.25) is 0 Å². The van der Waals surface area contributed by atoms with Crippen LogP contribution in [0.25, 0.3) is 11.1 Å². The van der Waals surface area contributed by atoms with E-state index in [-0.39, 0.29) is 30.9 Å². The van der Waals surface area contributed by atoms with Crippen LogP contribution in [0.4, 0.5) is 9.18 Å². The summed E-state index contributed by atoms with van der Waals surface area (Å²) in [5.74, 6) is -0.0730. The van der Waals surface area contributed by atoms with Gasteiger partial charge in [-0.05, 0) is 42.9 Å². The highest BCUT2D eigenvalue weighted by molar-refractivity contribution is 5.74. The Morgan fingerprint density at radius 1 is 1.31 bits per heavy atom. The summed E-state index contributed by atoms with van der Waals surface area (Å²) in [5.41, 5.74) is 9.17. The van der Waals surface area contributed by atoms with Gasteiger partial charge in [0.1, 0.15) is 17.5 Å². The number of aryl methyl sites for hydroxylation is 1. The number of aliphatic hydroxyl groups excluding tert-OH is 1. The summed E-state index contributed by atoms with van der Waals surface area (Å²) in [4.78, 5) is 13.7. The van der Waals surface area contributed by atoms with Crippen molar-refractivity contribution < 1.29 is 33.2 Å². The molecule has 0 unspecified atom stereocenters. The smallest absolute Gasteiger partial charge is 0.406 e. The number of fused-ring (bicyclic) bond motifs is 2. The fourth-order valence-corrected chi connectivity index (χ4v) is 6.13. The predicted octanol–water partition coefficient (Wildman–Crippen LogP) is 2.83. The van der Waals surface area contributed by atoms with Crippen LogP contribution in [0.1, 0.15) is 35.6 Å². The lowest BCUT2D eigenvalue weighted by atomic mass is 9.66. The number of nitrogens with zero attached hydrogens (tertiary/aromatic N) is 1. The van der Waals surface area contributed by atoms with Crippen LogP contribution in [-0.2, 0) is 24.5 Å². The Balaban J connectivity index is 1.36. The first-order valence-corrected chi connectivity index (χ1v) is 13.5. The van der Waals surface area contributed by atoms with E-state index in [2.05, 4.69) is 15.0 Å². The predicted molar refractivity (Wildman–Crippen MR) is 142 cm³/mol. The van der Waals surface area contributed by atoms with E-state index in [0.717, 1.165) is 28.7 Å². The maximum absolute atomic E-state index is 15.4. The van der Waals surface area contributed by atoms with Crippen LogP contribution in [0.3, 0.4) is 0 Å². The average Bonchev–Trinajstić information content (AvgIpc) is 3.24. The number of benzene rings is 2. The third kappa shape index (κ3) is 5.68. The molecule has 2 fully saturated rings. The molecule has 3 aliphatic rings. The van der Waals surface area contributed by atoms with E-state index in [1.807, 2.05) is 31.2 Å². The summed E-state index contributed by atoms with van der Waals surface area (Å²) in [6, 6.07) is 10.9. The molecule has 212 valence electrons. The van der Waals surface area contributed by atoms with Gasteiger partial charge in [-0.25, -0.2) is 9.18 Å². The molecule has 4 N–H and O–H groups in total. The third-order valence-corrected chi connectivity index (χ3v) is 8.01. The molecule has 1 saturated heterocycles. The molecule has 1 aliphatic heterocycles. The van der Waals surface area contributed by atoms with Crippen molar-refractivity contribution in [3.8, 4) is 11.1 Å². The number of aliphatic hydroxyl groups is 1. The van der Waals surface area contributed by atoms with Crippen LogP contribution in [0.2, 0.25) is 0 Å². The van der Waals surface area contributed by atoms with Crippen LogP contribution < -0.4 is 11.1 Å². The van der Waals surface area contributed by atoms with E-state index >= 15 is 4.39 Å². The number of morpholine rings is 1. The van der Waals surface area contributed by atoms with Crippen molar-refractivity contribution in [1.82, 2.24) is 10.2 Å². The van der Waals surface area contributed by atoms with E-state index in [4.69, 9.17) is 19.9 Å². The maximum atomic E-state index is 15.4. The molecule has 9 nitrogen and oxygen atoms in total. The van der Waals surface area contributed by atoms with Gasteiger partial charge in [-0.15, -0.1) is 0 Å². The second-order valence-electron chi connectivity index (χ2n) is 10.8. The fraction of sp³-hybridized carbons (Fsp3) is 0.552. The highest BCUT2D eigenvalue weighted by Gasteiger charge is 2.57. The quantitative estimate of drug-likeness (QED) is 0.414. The maximum Gasteiger partial charge on any atom is 0.406 e. The first-order chi connectivity index (χ1) is 18.8. The Morgan fingerprint density at radius 2 is 2.15 bits per heavy atom. The molecule has 2 aromatic carbocycles. The zero-order chi connectivity index (χ0) is 27.6. The number of hydrogen-bond donors (Lipinski definition) is 3. The van der Waals surface area contributed by atoms with Gasteiger partial charge in [-0.3, -0.25) is 4.90 Å². The molecule has 0 radical (unpaired) electrons. The Hall–Kier alpha value is -2.60. The Bertz CT molecular complexity index is 1170. The number of carbonyl (C=O) groups is 1. The second kappa shape index (κ2) is 11.9. The number of halogens is 1. The molecule has 2 aromatic rings. The topological polar surface area (TPSA) is 116 Å². The van der Waals surface area contributed by atoms with Crippen molar-refractivity contribution >= 4 is 6.09 Å². The van der Waals surface area contributed by atoms with Gasteiger partial charge in [0, 0.05) is 36.8 Å². The van der Waals surface area contributed by atoms with Gasteiger partial charge in [0.25, 0.3) is 0 Å². The highest BCUT2D eigenvalue weighted by atomic mass is 19.1. The lowest BCUT2D eigenvalue weighted by Crippen LogP contribution is -2.59. The molecule has 10 heteroatoms. The molecule has 1 heterocycles. The number of hydrogen-bond acceptors (Lipinski definition) is 8. The molecule has 39 heavy (non-hydrogen) atoms. The highest BCUT2D eigenvalue weighted by Crippen LogP contribution is 2.58. The van der Waals surface area contributed by atoms with Crippen molar-refractivity contribution in [3.05, 3.63) is 58.9 Å². The Morgan fingerprint density at radius 3 is 2.90 bits per heavy atom. The number of rotatable bonds is 9. The molecule has 5 atom stereocenters. The van der Waals surface area contributed by atoms with Crippen LogP contribution in [0.5, 0.6) is 0 Å². The van der Waals surface area contributed by atoms with Crippen molar-refractivity contribution in [1.29, 1.82) is 0 Å². The lowest BCUT2D eigenvalue weighted by Gasteiger charge is -2.55. The van der Waals surface area contributed by atoms with Crippen molar-refractivity contribution in [3.63, 3.8) is 0 Å². The minimum absolute atomic E-state index is 0.189. The number of amides is 1. The summed E-state index contributed by atoms with van der Waals surface area (Å²) < 4.78 is 38.8. The van der Waals surface area contributed by atoms with Crippen LogP contribution in [0.15, 0.2) is 36.4 Å². The Kier molecular flexibility index (Phi) is 8.51. The van der Waals surface area contributed by atoms with Gasteiger partial charge in [0.05, 0.1) is 39.8 Å². The fourth-order valence-electron chi connectivity index (χ4n) is 6.13. The van der Waals surface area contributed by atoms with E-state index in [1.54, 1.807) is 6.07 Å². The zero-order valence-electron chi connectivity index (χ0n) is 22.5.